The van der Waals surface area contributed by atoms with Crippen molar-refractivity contribution in [1.29, 1.82) is 0 Å². The van der Waals surface area contributed by atoms with Gasteiger partial charge in [-0.05, 0) is 69.1 Å². The highest BCUT2D eigenvalue weighted by Gasteiger charge is 2.24. The number of benzene rings is 2. The van der Waals surface area contributed by atoms with Crippen molar-refractivity contribution < 1.29 is 14.2 Å². The highest BCUT2D eigenvalue weighted by molar-refractivity contribution is 5.35. The average molecular weight is 357 g/mol. The van der Waals surface area contributed by atoms with Gasteiger partial charge in [-0.15, -0.1) is 0 Å². The number of rotatable bonds is 6. The van der Waals surface area contributed by atoms with E-state index in [1.165, 1.54) is 31.7 Å². The molecule has 1 aliphatic rings. The second-order valence-corrected chi connectivity index (χ2v) is 7.34. The van der Waals surface area contributed by atoms with Crippen molar-refractivity contribution in [2.75, 3.05) is 19.6 Å². The molecule has 1 atom stereocenters. The molecule has 0 radical (unpaired) electrons. The first-order valence-corrected chi connectivity index (χ1v) is 9.52. The van der Waals surface area contributed by atoms with Gasteiger partial charge in [-0.3, -0.25) is 0 Å². The molecule has 0 aliphatic carbocycles. The Kier molecular flexibility index (Phi) is 6.28. The Labute approximate surface area is 155 Å². The highest BCUT2D eigenvalue weighted by Crippen LogP contribution is 2.29. The van der Waals surface area contributed by atoms with E-state index in [9.17, 15) is 9.50 Å². The van der Waals surface area contributed by atoms with Gasteiger partial charge in [0.05, 0.1) is 5.60 Å². The Balaban J connectivity index is 1.60. The molecule has 1 aliphatic heterocycles. The van der Waals surface area contributed by atoms with Gasteiger partial charge in [0.25, 0.3) is 0 Å². The van der Waals surface area contributed by atoms with E-state index in [0.717, 1.165) is 25.2 Å². The Morgan fingerprint density at radius 2 is 1.65 bits per heavy atom. The third-order valence-corrected chi connectivity index (χ3v) is 5.15. The molecule has 0 bridgehead atoms. The molecule has 3 nitrogen and oxygen atoms in total. The standard InChI is InChI=1S/C22H28FNO2/c1-22(25,14-17-24-15-6-2-3-7-16-24)18-10-12-19(13-11-18)26-21-9-5-4-8-20(21)23/h4-5,8-13,25H,2-3,6-7,14-17H2,1H3. The minimum absolute atomic E-state index is 0.202. The molecule has 26 heavy (non-hydrogen) atoms. The van der Waals surface area contributed by atoms with Crippen molar-refractivity contribution in [2.45, 2.75) is 44.6 Å². The van der Waals surface area contributed by atoms with E-state index in [2.05, 4.69) is 4.90 Å². The zero-order valence-corrected chi connectivity index (χ0v) is 15.5. The van der Waals surface area contributed by atoms with Crippen LogP contribution in [0, 0.1) is 5.82 Å². The molecule has 1 saturated heterocycles. The predicted octanol–water partition coefficient (Wildman–Crippen LogP) is 5.09. The summed E-state index contributed by atoms with van der Waals surface area (Å²) >= 11 is 0. The maximum absolute atomic E-state index is 13.7. The fraction of sp³-hybridized carbons (Fsp3) is 0.455. The van der Waals surface area contributed by atoms with Gasteiger partial charge in [-0.25, -0.2) is 4.39 Å². The molecule has 1 N–H and O–H groups in total. The van der Waals surface area contributed by atoms with E-state index >= 15 is 0 Å². The maximum Gasteiger partial charge on any atom is 0.165 e. The van der Waals surface area contributed by atoms with Crippen LogP contribution in [-0.2, 0) is 5.60 Å². The van der Waals surface area contributed by atoms with Crippen LogP contribution < -0.4 is 4.74 Å². The summed E-state index contributed by atoms with van der Waals surface area (Å²) in [6.45, 7) is 5.02. The quantitative estimate of drug-likeness (QED) is 0.781. The lowest BCUT2D eigenvalue weighted by Crippen LogP contribution is -2.32. The minimum atomic E-state index is -0.886. The predicted molar refractivity (Wildman–Crippen MR) is 102 cm³/mol. The van der Waals surface area contributed by atoms with Crippen LogP contribution in [0.4, 0.5) is 4.39 Å². The maximum atomic E-state index is 13.7. The molecule has 2 aromatic rings. The second kappa shape index (κ2) is 8.65. The summed E-state index contributed by atoms with van der Waals surface area (Å²) in [5.74, 6) is 0.372. The third-order valence-electron chi connectivity index (χ3n) is 5.15. The number of hydrogen-bond acceptors (Lipinski definition) is 3. The fourth-order valence-corrected chi connectivity index (χ4v) is 3.42. The van der Waals surface area contributed by atoms with Gasteiger partial charge in [-0.2, -0.15) is 0 Å². The highest BCUT2D eigenvalue weighted by atomic mass is 19.1. The van der Waals surface area contributed by atoms with E-state index < -0.39 is 5.60 Å². The van der Waals surface area contributed by atoms with Crippen LogP contribution in [0.3, 0.4) is 0 Å². The molecule has 1 unspecified atom stereocenters. The van der Waals surface area contributed by atoms with Crippen molar-refractivity contribution in [3.8, 4) is 11.5 Å². The molecule has 4 heteroatoms. The normalized spacial score (nSPS) is 18.1. The van der Waals surface area contributed by atoms with Crippen LogP contribution in [0.25, 0.3) is 0 Å². The van der Waals surface area contributed by atoms with Gasteiger partial charge in [0.15, 0.2) is 11.6 Å². The van der Waals surface area contributed by atoms with Crippen LogP contribution in [0.2, 0.25) is 0 Å². The van der Waals surface area contributed by atoms with Crippen molar-refractivity contribution in [3.05, 3.63) is 59.9 Å². The molecule has 1 heterocycles. The summed E-state index contributed by atoms with van der Waals surface area (Å²) in [7, 11) is 0. The lowest BCUT2D eigenvalue weighted by atomic mass is 9.92. The summed E-state index contributed by atoms with van der Waals surface area (Å²) in [6, 6.07) is 13.6. The number of ether oxygens (including phenoxy) is 1. The van der Waals surface area contributed by atoms with Crippen molar-refractivity contribution in [1.82, 2.24) is 4.90 Å². The van der Waals surface area contributed by atoms with Crippen LogP contribution in [0.15, 0.2) is 48.5 Å². The average Bonchev–Trinajstić information content (AvgIpc) is 2.91. The van der Waals surface area contributed by atoms with Gasteiger partial charge in [-0.1, -0.05) is 37.1 Å². The lowest BCUT2D eigenvalue weighted by Gasteiger charge is -2.28. The largest absolute Gasteiger partial charge is 0.454 e. The topological polar surface area (TPSA) is 32.7 Å². The van der Waals surface area contributed by atoms with Gasteiger partial charge >= 0.3 is 0 Å². The van der Waals surface area contributed by atoms with Gasteiger partial charge in [0, 0.05) is 6.54 Å². The fourth-order valence-electron chi connectivity index (χ4n) is 3.42. The zero-order valence-electron chi connectivity index (χ0n) is 15.5. The molecule has 2 aromatic carbocycles. The molecule has 3 rings (SSSR count). The molecule has 1 fully saturated rings. The SMILES string of the molecule is CC(O)(CCN1CCCCCC1)c1ccc(Oc2ccccc2F)cc1. The van der Waals surface area contributed by atoms with Gasteiger partial charge < -0.3 is 14.7 Å². The first-order valence-electron chi connectivity index (χ1n) is 9.52. The van der Waals surface area contributed by atoms with Crippen LogP contribution in [-0.4, -0.2) is 29.6 Å². The summed E-state index contributed by atoms with van der Waals surface area (Å²) in [5.41, 5.74) is -0.0313. The van der Waals surface area contributed by atoms with Gasteiger partial charge in [0.2, 0.25) is 0 Å². The van der Waals surface area contributed by atoms with E-state index in [1.54, 1.807) is 30.3 Å². The molecular weight excluding hydrogens is 329 g/mol. The number of halogens is 1. The summed E-state index contributed by atoms with van der Waals surface area (Å²) in [6.07, 6.45) is 5.84. The van der Waals surface area contributed by atoms with E-state index in [1.807, 2.05) is 19.1 Å². The first kappa shape index (κ1) is 18.9. The number of likely N-dealkylation sites (tertiary alicyclic amines) is 1. The number of nitrogens with zero attached hydrogens (tertiary/aromatic N) is 1. The van der Waals surface area contributed by atoms with Crippen LogP contribution in [0.5, 0.6) is 11.5 Å². The molecule has 0 aromatic heterocycles. The monoisotopic (exact) mass is 357 g/mol. The lowest BCUT2D eigenvalue weighted by molar-refractivity contribution is 0.0362. The number of aliphatic hydroxyl groups is 1. The zero-order chi connectivity index (χ0) is 18.4. The minimum Gasteiger partial charge on any atom is -0.454 e. The van der Waals surface area contributed by atoms with E-state index in [0.29, 0.717) is 12.2 Å². The first-order chi connectivity index (χ1) is 12.5. The third kappa shape index (κ3) is 5.05. The second-order valence-electron chi connectivity index (χ2n) is 7.34. The van der Waals surface area contributed by atoms with E-state index in [4.69, 9.17) is 4.74 Å². The molecule has 0 spiro atoms. The Morgan fingerprint density at radius 3 is 2.31 bits per heavy atom. The smallest absolute Gasteiger partial charge is 0.165 e. The molecule has 140 valence electrons. The van der Waals surface area contributed by atoms with Crippen molar-refractivity contribution in [3.63, 3.8) is 0 Å². The van der Waals surface area contributed by atoms with Crippen LogP contribution in [0.1, 0.15) is 44.6 Å². The Hall–Kier alpha value is -1.91. The number of hydrogen-bond donors (Lipinski definition) is 1. The van der Waals surface area contributed by atoms with Crippen molar-refractivity contribution in [2.24, 2.45) is 0 Å². The van der Waals surface area contributed by atoms with Crippen molar-refractivity contribution >= 4 is 0 Å². The Bertz CT molecular complexity index is 692. The van der Waals surface area contributed by atoms with Gasteiger partial charge in [0.1, 0.15) is 5.75 Å². The number of para-hydroxylation sites is 1. The Morgan fingerprint density at radius 1 is 1.00 bits per heavy atom. The molecule has 0 saturated carbocycles. The summed E-state index contributed by atoms with van der Waals surface area (Å²) < 4.78 is 19.3. The summed E-state index contributed by atoms with van der Waals surface area (Å²) in [4.78, 5) is 2.46. The molecular formula is C22H28FNO2. The summed E-state index contributed by atoms with van der Waals surface area (Å²) in [5, 5.41) is 10.9. The van der Waals surface area contributed by atoms with E-state index in [-0.39, 0.29) is 11.6 Å². The van der Waals surface area contributed by atoms with Crippen LogP contribution >= 0.6 is 0 Å². The molecule has 0 amide bonds.